The van der Waals surface area contributed by atoms with Gasteiger partial charge in [-0.15, -0.1) is 0 Å². The average Bonchev–Trinajstić information content (AvgIpc) is 2.43. The molecule has 0 saturated carbocycles. The summed E-state index contributed by atoms with van der Waals surface area (Å²) in [5.41, 5.74) is 1.20. The van der Waals surface area contributed by atoms with Crippen molar-refractivity contribution in [2.45, 2.75) is 32.4 Å². The van der Waals surface area contributed by atoms with E-state index in [1.807, 2.05) is 20.0 Å². The van der Waals surface area contributed by atoms with Crippen LogP contribution >= 0.6 is 0 Å². The van der Waals surface area contributed by atoms with E-state index in [4.69, 9.17) is 14.2 Å². The van der Waals surface area contributed by atoms with Gasteiger partial charge in [-0.3, -0.25) is 0 Å². The van der Waals surface area contributed by atoms with Gasteiger partial charge in [-0.25, -0.2) is 0 Å². The Bertz CT molecular complexity index is 389. The zero-order valence-corrected chi connectivity index (χ0v) is 11.8. The third-order valence-corrected chi connectivity index (χ3v) is 3.15. The third kappa shape index (κ3) is 4.11. The number of ether oxygens (including phenoxy) is 3. The maximum absolute atomic E-state index is 6.05. The van der Waals surface area contributed by atoms with Crippen LogP contribution in [0.4, 0.5) is 0 Å². The lowest BCUT2D eigenvalue weighted by Gasteiger charge is -2.24. The van der Waals surface area contributed by atoms with Crippen molar-refractivity contribution in [3.05, 3.63) is 23.8 Å². The Kier molecular flexibility index (Phi) is 5.48. The van der Waals surface area contributed by atoms with Crippen molar-refractivity contribution in [2.75, 3.05) is 26.9 Å². The zero-order chi connectivity index (χ0) is 13.5. The van der Waals surface area contributed by atoms with Gasteiger partial charge in [0, 0.05) is 19.4 Å². The van der Waals surface area contributed by atoms with Crippen LogP contribution in [0.5, 0.6) is 11.5 Å². The lowest BCUT2D eigenvalue weighted by atomic mass is 10.1. The summed E-state index contributed by atoms with van der Waals surface area (Å²) in [6, 6.07) is 6.13. The molecule has 0 bridgehead atoms. The summed E-state index contributed by atoms with van der Waals surface area (Å²) in [5, 5.41) is 3.14. The summed E-state index contributed by atoms with van der Waals surface area (Å²) in [6.45, 7) is 5.03. The molecule has 1 saturated heterocycles. The molecule has 19 heavy (non-hydrogen) atoms. The van der Waals surface area contributed by atoms with E-state index in [9.17, 15) is 0 Å². The van der Waals surface area contributed by atoms with E-state index in [1.54, 1.807) is 0 Å². The molecule has 0 aromatic heterocycles. The number of hydrogen-bond acceptors (Lipinski definition) is 4. The lowest BCUT2D eigenvalue weighted by molar-refractivity contribution is 0.0243. The number of benzene rings is 1. The highest BCUT2D eigenvalue weighted by Crippen LogP contribution is 2.30. The number of nitrogens with one attached hydrogen (secondary N) is 1. The normalized spacial score (nSPS) is 16.3. The Hall–Kier alpha value is -1.26. The summed E-state index contributed by atoms with van der Waals surface area (Å²) in [4.78, 5) is 0. The van der Waals surface area contributed by atoms with Crippen molar-refractivity contribution < 1.29 is 14.2 Å². The van der Waals surface area contributed by atoms with Crippen LogP contribution < -0.4 is 14.8 Å². The fraction of sp³-hybridized carbons (Fsp3) is 0.600. The molecular formula is C15H23NO3. The number of hydrogen-bond donors (Lipinski definition) is 1. The molecule has 106 valence electrons. The highest BCUT2D eigenvalue weighted by molar-refractivity contribution is 5.43. The van der Waals surface area contributed by atoms with Gasteiger partial charge in [-0.05, 0) is 31.7 Å². The standard InChI is InChI=1S/C15H23NO3/c1-3-18-15-10-12(11-16-2)4-5-14(15)19-13-6-8-17-9-7-13/h4-5,10,13,16H,3,6-9,11H2,1-2H3. The first-order valence-electron chi connectivity index (χ1n) is 6.98. The molecule has 1 N–H and O–H groups in total. The maximum Gasteiger partial charge on any atom is 0.161 e. The van der Waals surface area contributed by atoms with Crippen LogP contribution in [0.3, 0.4) is 0 Å². The predicted molar refractivity (Wildman–Crippen MR) is 74.8 cm³/mol. The molecular weight excluding hydrogens is 242 g/mol. The molecule has 4 nitrogen and oxygen atoms in total. The van der Waals surface area contributed by atoms with Crippen molar-refractivity contribution >= 4 is 0 Å². The van der Waals surface area contributed by atoms with Crippen molar-refractivity contribution in [3.8, 4) is 11.5 Å². The summed E-state index contributed by atoms with van der Waals surface area (Å²) < 4.78 is 17.1. The highest BCUT2D eigenvalue weighted by Gasteiger charge is 2.17. The topological polar surface area (TPSA) is 39.7 Å². The Morgan fingerprint density at radius 3 is 2.74 bits per heavy atom. The van der Waals surface area contributed by atoms with E-state index < -0.39 is 0 Å². The number of rotatable bonds is 6. The van der Waals surface area contributed by atoms with Crippen molar-refractivity contribution in [1.82, 2.24) is 5.32 Å². The van der Waals surface area contributed by atoms with Crippen LogP contribution in [-0.2, 0) is 11.3 Å². The van der Waals surface area contributed by atoms with Gasteiger partial charge in [-0.2, -0.15) is 0 Å². The molecule has 1 fully saturated rings. The van der Waals surface area contributed by atoms with Crippen LogP contribution in [0.1, 0.15) is 25.3 Å². The molecule has 1 aromatic carbocycles. The first kappa shape index (κ1) is 14.2. The van der Waals surface area contributed by atoms with E-state index in [1.165, 1.54) is 5.56 Å². The fourth-order valence-electron chi connectivity index (χ4n) is 2.21. The Labute approximate surface area is 115 Å². The minimum atomic E-state index is 0.239. The lowest BCUT2D eigenvalue weighted by Crippen LogP contribution is -2.26. The summed E-state index contributed by atoms with van der Waals surface area (Å²) in [7, 11) is 1.94. The van der Waals surface area contributed by atoms with Crippen LogP contribution in [0, 0.1) is 0 Å². The van der Waals surface area contributed by atoms with Crippen LogP contribution in [0.2, 0.25) is 0 Å². The summed E-state index contributed by atoms with van der Waals surface area (Å²) in [6.07, 6.45) is 2.14. The van der Waals surface area contributed by atoms with E-state index >= 15 is 0 Å². The predicted octanol–water partition coefficient (Wildman–Crippen LogP) is 2.36. The summed E-state index contributed by atoms with van der Waals surface area (Å²) in [5.74, 6) is 1.68. The Balaban J connectivity index is 2.08. The first-order chi connectivity index (χ1) is 9.33. The molecule has 4 heteroatoms. The van der Waals surface area contributed by atoms with E-state index in [2.05, 4.69) is 17.4 Å². The molecule has 1 aliphatic heterocycles. The molecule has 0 amide bonds. The van der Waals surface area contributed by atoms with E-state index in [0.29, 0.717) is 6.61 Å². The van der Waals surface area contributed by atoms with Gasteiger partial charge >= 0.3 is 0 Å². The molecule has 1 aromatic rings. The fourth-order valence-corrected chi connectivity index (χ4v) is 2.21. The molecule has 0 spiro atoms. The molecule has 1 heterocycles. The maximum atomic E-state index is 6.05. The minimum absolute atomic E-state index is 0.239. The van der Waals surface area contributed by atoms with E-state index in [-0.39, 0.29) is 6.10 Å². The smallest absolute Gasteiger partial charge is 0.161 e. The SMILES string of the molecule is CCOc1cc(CNC)ccc1OC1CCOCC1. The third-order valence-electron chi connectivity index (χ3n) is 3.15. The molecule has 1 aliphatic rings. The van der Waals surface area contributed by atoms with E-state index in [0.717, 1.165) is 44.1 Å². The van der Waals surface area contributed by atoms with Crippen molar-refractivity contribution in [3.63, 3.8) is 0 Å². The van der Waals surface area contributed by atoms with Gasteiger partial charge in [0.15, 0.2) is 11.5 Å². The highest BCUT2D eigenvalue weighted by atomic mass is 16.5. The second-order valence-electron chi connectivity index (χ2n) is 4.67. The Morgan fingerprint density at radius 1 is 1.26 bits per heavy atom. The van der Waals surface area contributed by atoms with Gasteiger partial charge < -0.3 is 19.5 Å². The van der Waals surface area contributed by atoms with Gasteiger partial charge in [0.2, 0.25) is 0 Å². The Morgan fingerprint density at radius 2 is 2.05 bits per heavy atom. The molecule has 2 rings (SSSR count). The van der Waals surface area contributed by atoms with Crippen LogP contribution in [0.15, 0.2) is 18.2 Å². The van der Waals surface area contributed by atoms with Crippen LogP contribution in [0.25, 0.3) is 0 Å². The second-order valence-corrected chi connectivity index (χ2v) is 4.67. The van der Waals surface area contributed by atoms with Gasteiger partial charge in [-0.1, -0.05) is 6.07 Å². The van der Waals surface area contributed by atoms with Gasteiger partial charge in [0.25, 0.3) is 0 Å². The molecule has 0 aliphatic carbocycles. The minimum Gasteiger partial charge on any atom is -0.490 e. The zero-order valence-electron chi connectivity index (χ0n) is 11.8. The largest absolute Gasteiger partial charge is 0.490 e. The van der Waals surface area contributed by atoms with Crippen LogP contribution in [-0.4, -0.2) is 33.0 Å². The van der Waals surface area contributed by atoms with Crippen molar-refractivity contribution in [2.24, 2.45) is 0 Å². The second kappa shape index (κ2) is 7.36. The van der Waals surface area contributed by atoms with Crippen molar-refractivity contribution in [1.29, 1.82) is 0 Å². The monoisotopic (exact) mass is 265 g/mol. The van der Waals surface area contributed by atoms with Gasteiger partial charge in [0.05, 0.1) is 19.8 Å². The summed E-state index contributed by atoms with van der Waals surface area (Å²) >= 11 is 0. The quantitative estimate of drug-likeness (QED) is 0.857. The molecule has 0 unspecified atom stereocenters. The first-order valence-corrected chi connectivity index (χ1v) is 6.98. The molecule has 0 atom stereocenters. The average molecular weight is 265 g/mol. The molecule has 0 radical (unpaired) electrons. The van der Waals surface area contributed by atoms with Gasteiger partial charge in [0.1, 0.15) is 6.10 Å².